The molecule has 5 heteroatoms. The Morgan fingerprint density at radius 3 is 2.68 bits per heavy atom. The molecule has 0 amide bonds. The van der Waals surface area contributed by atoms with Crippen LogP contribution in [0.4, 0.5) is 4.39 Å². The topological polar surface area (TPSA) is 17.1 Å². The van der Waals surface area contributed by atoms with Gasteiger partial charge >= 0.3 is 0 Å². The maximum atomic E-state index is 13.4. The molecule has 2 aromatic rings. The maximum absolute atomic E-state index is 13.4. The molecule has 98 valence electrons. The molecule has 0 heterocycles. The van der Waals surface area contributed by atoms with Crippen molar-refractivity contribution in [2.45, 2.75) is 6.42 Å². The number of halogens is 4. The lowest BCUT2D eigenvalue weighted by Crippen LogP contribution is -2.05. The van der Waals surface area contributed by atoms with E-state index in [-0.39, 0.29) is 18.0 Å². The molecule has 0 radical (unpaired) electrons. The van der Waals surface area contributed by atoms with Crippen molar-refractivity contribution in [2.75, 3.05) is 0 Å². The summed E-state index contributed by atoms with van der Waals surface area (Å²) < 4.78 is 14.5. The normalized spacial score (nSPS) is 10.5. The van der Waals surface area contributed by atoms with Gasteiger partial charge in [-0.25, -0.2) is 4.39 Å². The van der Waals surface area contributed by atoms with Gasteiger partial charge in [-0.15, -0.1) is 0 Å². The minimum absolute atomic E-state index is 0.0918. The van der Waals surface area contributed by atoms with Crippen molar-refractivity contribution in [2.24, 2.45) is 0 Å². The first kappa shape index (κ1) is 14.7. The van der Waals surface area contributed by atoms with E-state index < -0.39 is 0 Å². The highest BCUT2D eigenvalue weighted by atomic mass is 79.9. The van der Waals surface area contributed by atoms with Gasteiger partial charge in [-0.3, -0.25) is 4.79 Å². The average Bonchev–Trinajstić information content (AvgIpc) is 2.38. The van der Waals surface area contributed by atoms with Crippen LogP contribution in [0.15, 0.2) is 45.3 Å². The van der Waals surface area contributed by atoms with E-state index in [1.807, 2.05) is 0 Å². The van der Waals surface area contributed by atoms with E-state index in [0.717, 1.165) is 4.47 Å². The van der Waals surface area contributed by atoms with Crippen molar-refractivity contribution in [3.63, 3.8) is 0 Å². The molecule has 0 aliphatic heterocycles. The van der Waals surface area contributed by atoms with E-state index in [1.165, 1.54) is 6.07 Å². The van der Waals surface area contributed by atoms with E-state index >= 15 is 0 Å². The summed E-state index contributed by atoms with van der Waals surface area (Å²) in [4.78, 5) is 12.2. The average molecular weight is 406 g/mol. The molecule has 0 N–H and O–H groups in total. The lowest BCUT2D eigenvalue weighted by molar-refractivity contribution is 0.0993. The van der Waals surface area contributed by atoms with Crippen LogP contribution in [0, 0.1) is 5.82 Å². The van der Waals surface area contributed by atoms with E-state index in [9.17, 15) is 9.18 Å². The van der Waals surface area contributed by atoms with E-state index in [0.29, 0.717) is 20.6 Å². The molecule has 0 fully saturated rings. The second-order valence-corrected chi connectivity index (χ2v) is 6.05. The summed E-state index contributed by atoms with van der Waals surface area (Å²) in [6.45, 7) is 0. The summed E-state index contributed by atoms with van der Waals surface area (Å²) in [5.74, 6) is -0.539. The highest BCUT2D eigenvalue weighted by Crippen LogP contribution is 2.25. The molecule has 0 bridgehead atoms. The Kier molecular flexibility index (Phi) is 4.76. The van der Waals surface area contributed by atoms with Crippen molar-refractivity contribution in [1.82, 2.24) is 0 Å². The Bertz CT molecular complexity index is 643. The van der Waals surface area contributed by atoms with Gasteiger partial charge in [-0.2, -0.15) is 0 Å². The fraction of sp³-hybridized carbons (Fsp3) is 0.0714. The van der Waals surface area contributed by atoms with Crippen LogP contribution in [-0.4, -0.2) is 5.78 Å². The van der Waals surface area contributed by atoms with Crippen LogP contribution in [0.5, 0.6) is 0 Å². The van der Waals surface area contributed by atoms with Crippen molar-refractivity contribution in [1.29, 1.82) is 0 Å². The van der Waals surface area contributed by atoms with Gasteiger partial charge in [0, 0.05) is 16.5 Å². The number of benzene rings is 2. The quantitative estimate of drug-likeness (QED) is 0.621. The number of carbonyl (C=O) groups is 1. The zero-order chi connectivity index (χ0) is 14.0. The van der Waals surface area contributed by atoms with Crippen LogP contribution in [0.1, 0.15) is 15.9 Å². The monoisotopic (exact) mass is 404 g/mol. The molecule has 0 spiro atoms. The predicted molar refractivity (Wildman–Crippen MR) is 81.3 cm³/mol. The number of ketones is 1. The van der Waals surface area contributed by atoms with Crippen molar-refractivity contribution in [3.05, 3.63) is 67.3 Å². The third kappa shape index (κ3) is 3.44. The van der Waals surface area contributed by atoms with Gasteiger partial charge in [0.15, 0.2) is 5.78 Å². The van der Waals surface area contributed by atoms with Crippen molar-refractivity contribution in [3.8, 4) is 0 Å². The van der Waals surface area contributed by atoms with Crippen molar-refractivity contribution >= 4 is 49.2 Å². The van der Waals surface area contributed by atoms with Crippen LogP contribution in [0.3, 0.4) is 0 Å². The number of hydrogen-bond acceptors (Lipinski definition) is 1. The van der Waals surface area contributed by atoms with Crippen LogP contribution in [-0.2, 0) is 6.42 Å². The molecule has 0 aliphatic carbocycles. The third-order valence-electron chi connectivity index (χ3n) is 2.61. The highest BCUT2D eigenvalue weighted by Gasteiger charge is 2.14. The van der Waals surface area contributed by atoms with Gasteiger partial charge in [0.05, 0.1) is 9.50 Å². The summed E-state index contributed by atoms with van der Waals surface area (Å²) in [7, 11) is 0. The minimum atomic E-state index is -0.384. The van der Waals surface area contributed by atoms with Gasteiger partial charge in [0.25, 0.3) is 0 Å². The first-order valence-electron chi connectivity index (χ1n) is 5.40. The van der Waals surface area contributed by atoms with E-state index in [2.05, 4.69) is 31.9 Å². The highest BCUT2D eigenvalue weighted by molar-refractivity contribution is 9.10. The first-order chi connectivity index (χ1) is 8.99. The van der Waals surface area contributed by atoms with Gasteiger partial charge in [-0.05, 0) is 45.8 Å². The Balaban J connectivity index is 2.31. The zero-order valence-corrected chi connectivity index (χ0v) is 13.5. The Labute approximate surface area is 132 Å². The maximum Gasteiger partial charge on any atom is 0.168 e. The van der Waals surface area contributed by atoms with Gasteiger partial charge in [0.2, 0.25) is 0 Å². The SMILES string of the molecule is O=C(Cc1cccc(F)c1Br)c1cc(Br)ccc1Cl. The van der Waals surface area contributed by atoms with Crippen LogP contribution in [0.25, 0.3) is 0 Å². The molecule has 19 heavy (non-hydrogen) atoms. The number of carbonyl (C=O) groups excluding carboxylic acids is 1. The van der Waals surface area contributed by atoms with Crippen LogP contribution >= 0.6 is 43.5 Å². The fourth-order valence-electron chi connectivity index (χ4n) is 1.66. The molecule has 0 aliphatic rings. The molecule has 0 unspecified atom stereocenters. The summed E-state index contributed by atoms with van der Waals surface area (Å²) in [5.41, 5.74) is 1.02. The minimum Gasteiger partial charge on any atom is -0.294 e. The predicted octanol–water partition coefficient (Wildman–Crippen LogP) is 5.43. The largest absolute Gasteiger partial charge is 0.294 e. The Hall–Kier alpha value is -0.710. The van der Waals surface area contributed by atoms with Gasteiger partial charge < -0.3 is 0 Å². The summed E-state index contributed by atoms with van der Waals surface area (Å²) in [6.07, 6.45) is 0.0918. The van der Waals surface area contributed by atoms with E-state index in [1.54, 1.807) is 30.3 Å². The zero-order valence-electron chi connectivity index (χ0n) is 9.59. The number of Topliss-reactive ketones (excluding diaryl/α,β-unsaturated/α-hetero) is 1. The summed E-state index contributed by atoms with van der Waals surface area (Å²) in [6, 6.07) is 9.70. The van der Waals surface area contributed by atoms with Crippen LogP contribution in [0.2, 0.25) is 5.02 Å². The summed E-state index contributed by atoms with van der Waals surface area (Å²) in [5, 5.41) is 0.390. The molecular weight excluding hydrogens is 398 g/mol. The molecule has 0 saturated heterocycles. The fourth-order valence-corrected chi connectivity index (χ4v) is 2.65. The Morgan fingerprint density at radius 1 is 1.21 bits per heavy atom. The molecule has 0 atom stereocenters. The molecule has 0 saturated carbocycles. The molecule has 1 nitrogen and oxygen atoms in total. The van der Waals surface area contributed by atoms with Crippen molar-refractivity contribution < 1.29 is 9.18 Å². The Morgan fingerprint density at radius 2 is 1.95 bits per heavy atom. The first-order valence-corrected chi connectivity index (χ1v) is 7.36. The molecule has 0 aromatic heterocycles. The van der Waals surface area contributed by atoms with Gasteiger partial charge in [0.1, 0.15) is 5.82 Å². The molecular formula is C14H8Br2ClFO. The standard InChI is InChI=1S/C14H8Br2ClFO/c15-9-4-5-11(17)10(7-9)13(19)6-8-2-1-3-12(18)14(8)16/h1-5,7H,6H2. The smallest absolute Gasteiger partial charge is 0.168 e. The summed E-state index contributed by atoms with van der Waals surface area (Å²) >= 11 is 12.4. The second kappa shape index (κ2) is 6.16. The van der Waals surface area contributed by atoms with E-state index in [4.69, 9.17) is 11.6 Å². The molecule has 2 rings (SSSR count). The second-order valence-electron chi connectivity index (χ2n) is 3.94. The number of hydrogen-bond donors (Lipinski definition) is 0. The number of rotatable bonds is 3. The van der Waals surface area contributed by atoms with Gasteiger partial charge in [-0.1, -0.05) is 39.7 Å². The lowest BCUT2D eigenvalue weighted by atomic mass is 10.0. The van der Waals surface area contributed by atoms with Crippen LogP contribution < -0.4 is 0 Å². The third-order valence-corrected chi connectivity index (χ3v) is 4.32. The lowest BCUT2D eigenvalue weighted by Gasteiger charge is -2.07. The molecule has 2 aromatic carbocycles.